The third-order valence-electron chi connectivity index (χ3n) is 11.6. The maximum Gasteiger partial charge on any atom is 0.328 e. The van der Waals surface area contributed by atoms with Crippen LogP contribution in [-0.4, -0.2) is 113 Å². The molecule has 1 heterocycles. The van der Waals surface area contributed by atoms with Crippen LogP contribution in [0.5, 0.6) is 0 Å². The first kappa shape index (κ1) is 61.7. The lowest BCUT2D eigenvalue weighted by molar-refractivity contribution is -0.154. The number of aliphatic carboxylic acids is 1. The average molecular weight is 979 g/mol. The number of nitrogens with one attached hydrogen (secondary N) is 7. The Morgan fingerprint density at radius 2 is 0.986 bits per heavy atom. The number of hydrogen-bond acceptors (Lipinski definition) is 11. The summed E-state index contributed by atoms with van der Waals surface area (Å²) in [5.74, 6) is -9.97. The number of carboxylic acids is 1. The van der Waals surface area contributed by atoms with E-state index < -0.39 is 126 Å². The van der Waals surface area contributed by atoms with Crippen molar-refractivity contribution in [3.05, 3.63) is 0 Å². The zero-order valence-electron chi connectivity index (χ0n) is 43.0. The fourth-order valence-corrected chi connectivity index (χ4v) is 7.90. The molecule has 1 saturated heterocycles. The molecule has 1 unspecified atom stereocenters. The van der Waals surface area contributed by atoms with E-state index in [4.69, 9.17) is 10.5 Å². The SMILES string of the molecule is CCCCCCCCCCCC1CC(=O)N[C@@H](CCC(N)=O)C(=O)N[C@@H](CC(C)C)C(=O)N[C@H](CC(C)C)C(=O)N[C@@H](C(C)C)C(=O)N[C@@H](CC(=O)O)C(=O)N[C@H](CC(C)C)C(=O)N[C@@H](C)C(=O)O1. The molecular weight excluding hydrogens is 893 g/mol. The van der Waals surface area contributed by atoms with Crippen LogP contribution in [0.25, 0.3) is 0 Å². The fraction of sp³-hybridized carbons (Fsp3) is 0.796. The highest BCUT2D eigenvalue weighted by Crippen LogP contribution is 2.17. The summed E-state index contributed by atoms with van der Waals surface area (Å²) in [4.78, 5) is 135. The first-order valence-electron chi connectivity index (χ1n) is 25.2. The van der Waals surface area contributed by atoms with E-state index in [0.717, 1.165) is 38.5 Å². The Labute approximate surface area is 409 Å². The fourth-order valence-electron chi connectivity index (χ4n) is 7.90. The van der Waals surface area contributed by atoms with Crippen molar-refractivity contribution in [2.75, 3.05) is 0 Å². The Kier molecular flexibility index (Phi) is 29.1. The van der Waals surface area contributed by atoms with E-state index in [9.17, 15) is 53.1 Å². The Morgan fingerprint density at radius 1 is 0.565 bits per heavy atom. The smallest absolute Gasteiger partial charge is 0.328 e. The molecule has 0 aliphatic carbocycles. The molecule has 1 fully saturated rings. The van der Waals surface area contributed by atoms with Gasteiger partial charge in [-0.05, 0) is 69.1 Å². The van der Waals surface area contributed by atoms with Gasteiger partial charge in [-0.2, -0.15) is 0 Å². The summed E-state index contributed by atoms with van der Waals surface area (Å²) in [7, 11) is 0. The minimum Gasteiger partial charge on any atom is -0.481 e. The topological polar surface area (TPSA) is 310 Å². The van der Waals surface area contributed by atoms with Crippen LogP contribution in [0.15, 0.2) is 0 Å². The van der Waals surface area contributed by atoms with Crippen LogP contribution in [0.3, 0.4) is 0 Å². The van der Waals surface area contributed by atoms with Crippen LogP contribution in [0, 0.1) is 23.7 Å². The predicted octanol–water partition coefficient (Wildman–Crippen LogP) is 3.17. The Balaban J connectivity index is 3.83. The van der Waals surface area contributed by atoms with E-state index in [1.165, 1.54) is 19.8 Å². The Hall–Kier alpha value is -5.30. The monoisotopic (exact) mass is 979 g/mol. The Morgan fingerprint density at radius 3 is 1.43 bits per heavy atom. The number of unbranched alkanes of at least 4 members (excludes halogenated alkanes) is 8. The highest BCUT2D eigenvalue weighted by atomic mass is 16.5. The van der Waals surface area contributed by atoms with Gasteiger partial charge in [0.2, 0.25) is 47.3 Å². The molecule has 1 aliphatic rings. The zero-order chi connectivity index (χ0) is 52.4. The van der Waals surface area contributed by atoms with Gasteiger partial charge in [-0.1, -0.05) is 114 Å². The standard InChI is InChI=1S/C49H86N8O12/c1-11-12-13-14-15-16-17-18-19-20-33-26-40(59)52-34(21-22-39(50)58)43(62)53-36(24-29(4)5)45(64)55-37(25-30(6)7)47(66)57-42(31(8)9)48(67)56-38(27-41(60)61)46(65)54-35(23-28(2)3)44(63)51-32(10)49(68)69-33/h28-38,42H,11-27H2,1-10H3,(H2,50,58)(H,51,63)(H,52,59)(H,53,62)(H,54,65)(H,55,64)(H,56,67)(H,57,66)(H,60,61)/t32-,33?,34-,35+,36-,37+,38-,42-/m0/s1. The molecule has 0 bridgehead atoms. The number of primary amides is 1. The molecule has 8 amide bonds. The van der Waals surface area contributed by atoms with Crippen LogP contribution in [0.4, 0.5) is 0 Å². The van der Waals surface area contributed by atoms with E-state index in [1.54, 1.807) is 27.7 Å². The van der Waals surface area contributed by atoms with Crippen LogP contribution < -0.4 is 43.0 Å². The van der Waals surface area contributed by atoms with Gasteiger partial charge in [0.25, 0.3) is 0 Å². The molecule has 0 aromatic rings. The van der Waals surface area contributed by atoms with E-state index in [0.29, 0.717) is 6.42 Å². The molecule has 69 heavy (non-hydrogen) atoms. The van der Waals surface area contributed by atoms with Gasteiger partial charge >= 0.3 is 11.9 Å². The van der Waals surface area contributed by atoms with Crippen molar-refractivity contribution in [3.63, 3.8) is 0 Å². The van der Waals surface area contributed by atoms with Crippen LogP contribution in [0.2, 0.25) is 0 Å². The maximum atomic E-state index is 14.1. The molecule has 0 radical (unpaired) electrons. The van der Waals surface area contributed by atoms with Gasteiger partial charge in [-0.15, -0.1) is 0 Å². The number of rotatable bonds is 22. The lowest BCUT2D eigenvalue weighted by atomic mass is 9.98. The average Bonchev–Trinajstić information content (AvgIpc) is 3.23. The number of ether oxygens (including phenoxy) is 1. The summed E-state index contributed by atoms with van der Waals surface area (Å²) in [6.07, 6.45) is 6.72. The number of cyclic esters (lactones) is 1. The van der Waals surface area contributed by atoms with E-state index >= 15 is 0 Å². The number of carboxylic acid groups (broad SMARTS) is 1. The number of carbonyl (C=O) groups excluding carboxylic acids is 9. The van der Waals surface area contributed by atoms with Crippen LogP contribution >= 0.6 is 0 Å². The number of esters is 1. The molecule has 1 aliphatic heterocycles. The van der Waals surface area contributed by atoms with Crippen molar-refractivity contribution < 1.29 is 57.8 Å². The third kappa shape index (κ3) is 25.8. The quantitative estimate of drug-likeness (QED) is 0.0558. The number of nitrogens with two attached hydrogens (primary N) is 1. The number of hydrogen-bond donors (Lipinski definition) is 9. The summed E-state index contributed by atoms with van der Waals surface area (Å²) in [6.45, 7) is 17.5. The van der Waals surface area contributed by atoms with Crippen molar-refractivity contribution in [1.29, 1.82) is 0 Å². The number of amides is 8. The molecular formula is C49H86N8O12. The predicted molar refractivity (Wildman–Crippen MR) is 259 cm³/mol. The molecule has 394 valence electrons. The zero-order valence-corrected chi connectivity index (χ0v) is 43.0. The van der Waals surface area contributed by atoms with Crippen molar-refractivity contribution in [2.24, 2.45) is 29.4 Å². The molecule has 0 aromatic heterocycles. The van der Waals surface area contributed by atoms with E-state index in [-0.39, 0.29) is 56.3 Å². The first-order chi connectivity index (χ1) is 32.3. The van der Waals surface area contributed by atoms with Gasteiger partial charge < -0.3 is 52.8 Å². The molecule has 20 nitrogen and oxygen atoms in total. The first-order valence-corrected chi connectivity index (χ1v) is 25.2. The largest absolute Gasteiger partial charge is 0.481 e. The van der Waals surface area contributed by atoms with Gasteiger partial charge in [0, 0.05) is 6.42 Å². The van der Waals surface area contributed by atoms with Gasteiger partial charge in [0.05, 0.1) is 12.8 Å². The van der Waals surface area contributed by atoms with Gasteiger partial charge in [-0.3, -0.25) is 43.2 Å². The highest BCUT2D eigenvalue weighted by Gasteiger charge is 2.36. The summed E-state index contributed by atoms with van der Waals surface area (Å²) in [5.41, 5.74) is 5.45. The van der Waals surface area contributed by atoms with Crippen molar-refractivity contribution in [2.45, 2.75) is 227 Å². The summed E-state index contributed by atoms with van der Waals surface area (Å²) in [6, 6.07) is -9.48. The van der Waals surface area contributed by atoms with Gasteiger partial charge in [-0.25, -0.2) is 4.79 Å². The normalized spacial score (nSPS) is 24.6. The van der Waals surface area contributed by atoms with E-state index in [2.05, 4.69) is 44.1 Å². The minimum absolute atomic E-state index is 0.0463. The van der Waals surface area contributed by atoms with Crippen molar-refractivity contribution >= 4 is 59.2 Å². The lowest BCUT2D eigenvalue weighted by Gasteiger charge is -2.29. The second kappa shape index (κ2) is 32.5. The Bertz CT molecular complexity index is 1710. The molecule has 0 aromatic carbocycles. The summed E-state index contributed by atoms with van der Waals surface area (Å²) in [5, 5.41) is 28.0. The van der Waals surface area contributed by atoms with Gasteiger partial charge in [0.1, 0.15) is 48.4 Å². The minimum atomic E-state index is -1.71. The second-order valence-corrected chi connectivity index (χ2v) is 20.2. The maximum absolute atomic E-state index is 14.1. The second-order valence-electron chi connectivity index (χ2n) is 20.2. The highest BCUT2D eigenvalue weighted by molar-refractivity contribution is 5.98. The van der Waals surface area contributed by atoms with Crippen molar-refractivity contribution in [1.82, 2.24) is 37.2 Å². The third-order valence-corrected chi connectivity index (χ3v) is 11.6. The molecule has 8 atom stereocenters. The van der Waals surface area contributed by atoms with E-state index in [1.807, 2.05) is 27.7 Å². The van der Waals surface area contributed by atoms with Crippen LogP contribution in [-0.2, 0) is 52.7 Å². The number of carbonyl (C=O) groups is 10. The molecule has 20 heteroatoms. The molecule has 0 spiro atoms. The summed E-state index contributed by atoms with van der Waals surface area (Å²) >= 11 is 0. The van der Waals surface area contributed by atoms with Gasteiger partial charge in [0.15, 0.2) is 0 Å². The molecule has 0 saturated carbocycles. The van der Waals surface area contributed by atoms with Crippen molar-refractivity contribution in [3.8, 4) is 0 Å². The molecule has 10 N–H and O–H groups in total. The molecule has 1 rings (SSSR count). The lowest BCUT2D eigenvalue weighted by Crippen LogP contribution is -2.61. The summed E-state index contributed by atoms with van der Waals surface area (Å²) < 4.78 is 5.85. The van der Waals surface area contributed by atoms with Crippen LogP contribution in [0.1, 0.15) is 178 Å².